The largest absolute Gasteiger partial charge is 0.355 e. The SMILES string of the molecule is CCCCCN(Cc1ccc(F)cc1)C(=O)C1CCN(C2=NS(=O)(=O)c3ccccc32)CC1. The van der Waals surface area contributed by atoms with Crippen LogP contribution in [0.3, 0.4) is 0 Å². The summed E-state index contributed by atoms with van der Waals surface area (Å²) in [5.41, 5.74) is 1.56. The van der Waals surface area contributed by atoms with Gasteiger partial charge in [0.05, 0.1) is 0 Å². The number of fused-ring (bicyclic) bond motifs is 1. The molecular weight excluding hydrogens is 441 g/mol. The first-order valence-electron chi connectivity index (χ1n) is 11.6. The zero-order valence-electron chi connectivity index (χ0n) is 18.9. The second-order valence-electron chi connectivity index (χ2n) is 8.74. The summed E-state index contributed by atoms with van der Waals surface area (Å²) in [6.45, 7) is 4.45. The molecule has 4 rings (SSSR count). The van der Waals surface area contributed by atoms with E-state index >= 15 is 0 Å². The van der Waals surface area contributed by atoms with Gasteiger partial charge in [-0.1, -0.05) is 44.0 Å². The molecule has 2 aliphatic rings. The zero-order valence-corrected chi connectivity index (χ0v) is 19.7. The fourth-order valence-electron chi connectivity index (χ4n) is 4.54. The first kappa shape index (κ1) is 23.4. The van der Waals surface area contributed by atoms with Crippen LogP contribution >= 0.6 is 0 Å². The van der Waals surface area contributed by atoms with Crippen LogP contribution in [0.2, 0.25) is 0 Å². The molecule has 6 nitrogen and oxygen atoms in total. The maximum absolute atomic E-state index is 13.4. The molecule has 2 aliphatic heterocycles. The number of rotatable bonds is 7. The van der Waals surface area contributed by atoms with Crippen molar-refractivity contribution >= 4 is 21.8 Å². The number of unbranched alkanes of at least 4 members (excludes halogenated alkanes) is 2. The van der Waals surface area contributed by atoms with Crippen molar-refractivity contribution in [2.24, 2.45) is 10.3 Å². The van der Waals surface area contributed by atoms with E-state index in [0.29, 0.717) is 50.4 Å². The van der Waals surface area contributed by atoms with E-state index in [4.69, 9.17) is 0 Å². The van der Waals surface area contributed by atoms with Crippen LogP contribution in [0.25, 0.3) is 0 Å². The van der Waals surface area contributed by atoms with E-state index in [2.05, 4.69) is 11.3 Å². The minimum absolute atomic E-state index is 0.114. The van der Waals surface area contributed by atoms with Crippen LogP contribution < -0.4 is 0 Å². The third kappa shape index (κ3) is 5.27. The second kappa shape index (κ2) is 10.0. The predicted octanol–water partition coefficient (Wildman–Crippen LogP) is 4.21. The monoisotopic (exact) mass is 471 g/mol. The summed E-state index contributed by atoms with van der Waals surface area (Å²) in [7, 11) is -3.65. The average Bonchev–Trinajstić information content (AvgIpc) is 3.10. The number of carbonyl (C=O) groups is 1. The molecule has 176 valence electrons. The summed E-state index contributed by atoms with van der Waals surface area (Å²) >= 11 is 0. The maximum Gasteiger partial charge on any atom is 0.285 e. The van der Waals surface area contributed by atoms with Gasteiger partial charge in [0.1, 0.15) is 10.7 Å². The lowest BCUT2D eigenvalue weighted by Crippen LogP contribution is -2.44. The van der Waals surface area contributed by atoms with Crippen LogP contribution in [-0.4, -0.2) is 49.6 Å². The van der Waals surface area contributed by atoms with Crippen molar-refractivity contribution in [2.75, 3.05) is 19.6 Å². The van der Waals surface area contributed by atoms with Crippen LogP contribution in [0.15, 0.2) is 57.8 Å². The normalized spacial score (nSPS) is 17.5. The Morgan fingerprint density at radius 1 is 1.09 bits per heavy atom. The third-order valence-corrected chi connectivity index (χ3v) is 7.71. The Morgan fingerprint density at radius 2 is 1.79 bits per heavy atom. The number of piperidine rings is 1. The molecule has 0 bridgehead atoms. The standard InChI is InChI=1S/C25H30FN3O3S/c1-2-3-6-15-29(18-19-9-11-21(26)12-10-19)25(30)20-13-16-28(17-14-20)24-22-7-4-5-8-23(22)33(31,32)27-24/h4-5,7-12,20H,2-3,6,13-18H2,1H3. The van der Waals surface area contributed by atoms with Crippen molar-refractivity contribution in [1.82, 2.24) is 9.80 Å². The lowest BCUT2D eigenvalue weighted by Gasteiger charge is -2.35. The number of halogens is 1. The smallest absolute Gasteiger partial charge is 0.285 e. The molecule has 33 heavy (non-hydrogen) atoms. The van der Waals surface area contributed by atoms with E-state index in [1.807, 2.05) is 15.9 Å². The van der Waals surface area contributed by atoms with Gasteiger partial charge >= 0.3 is 0 Å². The van der Waals surface area contributed by atoms with Crippen molar-refractivity contribution in [3.63, 3.8) is 0 Å². The molecule has 0 saturated carbocycles. The first-order valence-corrected chi connectivity index (χ1v) is 13.1. The van der Waals surface area contributed by atoms with E-state index in [-0.39, 0.29) is 22.5 Å². The molecular formula is C25H30FN3O3S. The number of carbonyl (C=O) groups excluding carboxylic acids is 1. The number of hydrogen-bond donors (Lipinski definition) is 0. The highest BCUT2D eigenvalue weighted by molar-refractivity contribution is 7.90. The molecule has 2 aromatic carbocycles. The second-order valence-corrected chi connectivity index (χ2v) is 10.3. The van der Waals surface area contributed by atoms with Gasteiger partial charge in [-0.2, -0.15) is 8.42 Å². The molecule has 0 atom stereocenters. The number of benzene rings is 2. The summed E-state index contributed by atoms with van der Waals surface area (Å²) in [5, 5.41) is 0. The summed E-state index contributed by atoms with van der Waals surface area (Å²) in [6, 6.07) is 13.2. The van der Waals surface area contributed by atoms with Crippen molar-refractivity contribution in [3.8, 4) is 0 Å². The van der Waals surface area contributed by atoms with Crippen LogP contribution in [0.4, 0.5) is 4.39 Å². The average molecular weight is 472 g/mol. The summed E-state index contributed by atoms with van der Waals surface area (Å²) in [5.74, 6) is 0.213. The Hall–Kier alpha value is -2.74. The van der Waals surface area contributed by atoms with E-state index in [1.54, 1.807) is 30.3 Å². The molecule has 1 amide bonds. The van der Waals surface area contributed by atoms with Gasteiger partial charge in [0.25, 0.3) is 10.0 Å². The van der Waals surface area contributed by atoms with Crippen LogP contribution in [0, 0.1) is 11.7 Å². The van der Waals surface area contributed by atoms with Crippen molar-refractivity contribution in [1.29, 1.82) is 0 Å². The van der Waals surface area contributed by atoms with Crippen LogP contribution in [0.1, 0.15) is 50.2 Å². The molecule has 2 aromatic rings. The van der Waals surface area contributed by atoms with Gasteiger partial charge in [-0.15, -0.1) is 4.40 Å². The molecule has 0 unspecified atom stereocenters. The van der Waals surface area contributed by atoms with Gasteiger partial charge in [0, 0.05) is 37.7 Å². The van der Waals surface area contributed by atoms with Gasteiger partial charge < -0.3 is 9.80 Å². The Kier molecular flexibility index (Phi) is 7.12. The third-order valence-electron chi connectivity index (χ3n) is 6.39. The molecule has 1 saturated heterocycles. The molecule has 8 heteroatoms. The fourth-order valence-corrected chi connectivity index (χ4v) is 5.77. The zero-order chi connectivity index (χ0) is 23.4. The van der Waals surface area contributed by atoms with Gasteiger partial charge in [0.2, 0.25) is 5.91 Å². The first-order chi connectivity index (χ1) is 15.9. The topological polar surface area (TPSA) is 70.1 Å². The quantitative estimate of drug-likeness (QED) is 0.568. The van der Waals surface area contributed by atoms with E-state index in [0.717, 1.165) is 24.8 Å². The highest BCUT2D eigenvalue weighted by Gasteiger charge is 2.35. The molecule has 2 heterocycles. The number of likely N-dealkylation sites (tertiary alicyclic amines) is 1. The van der Waals surface area contributed by atoms with Crippen LogP contribution in [0.5, 0.6) is 0 Å². The van der Waals surface area contributed by atoms with Gasteiger partial charge in [0.15, 0.2) is 5.84 Å². The Labute approximate surface area is 195 Å². The lowest BCUT2D eigenvalue weighted by molar-refractivity contribution is -0.137. The summed E-state index contributed by atoms with van der Waals surface area (Å²) in [4.78, 5) is 17.5. The number of sulfonamides is 1. The summed E-state index contributed by atoms with van der Waals surface area (Å²) < 4.78 is 42.1. The van der Waals surface area contributed by atoms with E-state index in [9.17, 15) is 17.6 Å². The number of amides is 1. The Bertz CT molecular complexity index is 1120. The predicted molar refractivity (Wildman–Crippen MR) is 126 cm³/mol. The molecule has 0 N–H and O–H groups in total. The Balaban J connectivity index is 1.43. The lowest BCUT2D eigenvalue weighted by atomic mass is 9.94. The molecule has 0 spiro atoms. The number of hydrogen-bond acceptors (Lipinski definition) is 4. The van der Waals surface area contributed by atoms with E-state index < -0.39 is 10.0 Å². The van der Waals surface area contributed by atoms with Gasteiger partial charge in [-0.25, -0.2) is 4.39 Å². The van der Waals surface area contributed by atoms with Crippen molar-refractivity contribution < 1.29 is 17.6 Å². The molecule has 0 radical (unpaired) electrons. The maximum atomic E-state index is 13.4. The Morgan fingerprint density at radius 3 is 2.48 bits per heavy atom. The van der Waals surface area contributed by atoms with Crippen LogP contribution in [-0.2, 0) is 21.4 Å². The number of nitrogens with zero attached hydrogens (tertiary/aromatic N) is 3. The minimum atomic E-state index is -3.65. The van der Waals surface area contributed by atoms with E-state index in [1.165, 1.54) is 12.1 Å². The molecule has 0 aliphatic carbocycles. The summed E-state index contributed by atoms with van der Waals surface area (Å²) in [6.07, 6.45) is 4.36. The van der Waals surface area contributed by atoms with Gasteiger partial charge in [-0.3, -0.25) is 4.79 Å². The van der Waals surface area contributed by atoms with Crippen molar-refractivity contribution in [3.05, 3.63) is 65.5 Å². The highest BCUT2D eigenvalue weighted by Crippen LogP contribution is 2.30. The fraction of sp³-hybridized carbons (Fsp3) is 0.440. The van der Waals surface area contributed by atoms with Crippen molar-refractivity contribution in [2.45, 2.75) is 50.5 Å². The minimum Gasteiger partial charge on any atom is -0.355 e. The number of amidine groups is 1. The van der Waals surface area contributed by atoms with Gasteiger partial charge in [-0.05, 0) is 49.1 Å². The molecule has 0 aromatic heterocycles. The highest BCUT2D eigenvalue weighted by atomic mass is 32.2. The molecule has 1 fully saturated rings.